The lowest BCUT2D eigenvalue weighted by Gasteiger charge is -2.09. The summed E-state index contributed by atoms with van der Waals surface area (Å²) in [7, 11) is 0. The van der Waals surface area contributed by atoms with Crippen molar-refractivity contribution in [1.29, 1.82) is 0 Å². The molecular weight excluding hydrogens is 380 g/mol. The molecule has 7 heteroatoms. The summed E-state index contributed by atoms with van der Waals surface area (Å²) in [5, 5.41) is 11.8. The SMILES string of the molecule is CCOc1ccc(-n2nc3ccc(NC(=O)COc4ccccc4C)cc3n2)cc1. The highest BCUT2D eigenvalue weighted by Crippen LogP contribution is 2.20. The van der Waals surface area contributed by atoms with E-state index in [4.69, 9.17) is 9.47 Å². The molecule has 0 atom stereocenters. The van der Waals surface area contributed by atoms with Gasteiger partial charge in [0.2, 0.25) is 0 Å². The fourth-order valence-electron chi connectivity index (χ4n) is 3.01. The zero-order chi connectivity index (χ0) is 20.9. The second-order valence-electron chi connectivity index (χ2n) is 6.72. The van der Waals surface area contributed by atoms with Crippen LogP contribution in [0.4, 0.5) is 5.69 Å². The Morgan fingerprint density at radius 1 is 0.967 bits per heavy atom. The summed E-state index contributed by atoms with van der Waals surface area (Å²) in [6.07, 6.45) is 0. The smallest absolute Gasteiger partial charge is 0.262 e. The summed E-state index contributed by atoms with van der Waals surface area (Å²) in [5.41, 5.74) is 3.86. The van der Waals surface area contributed by atoms with E-state index in [9.17, 15) is 4.79 Å². The first-order valence-electron chi connectivity index (χ1n) is 9.71. The Kier molecular flexibility index (Phi) is 5.61. The molecular formula is C23H22N4O3. The molecule has 30 heavy (non-hydrogen) atoms. The topological polar surface area (TPSA) is 78.3 Å². The van der Waals surface area contributed by atoms with Gasteiger partial charge in [-0.25, -0.2) is 0 Å². The fourth-order valence-corrected chi connectivity index (χ4v) is 3.01. The number of aromatic nitrogens is 3. The van der Waals surface area contributed by atoms with Crippen LogP contribution in [0.3, 0.4) is 0 Å². The normalized spacial score (nSPS) is 10.7. The molecule has 1 aromatic heterocycles. The molecule has 4 rings (SSSR count). The minimum absolute atomic E-state index is 0.0677. The highest BCUT2D eigenvalue weighted by molar-refractivity contribution is 5.93. The zero-order valence-corrected chi connectivity index (χ0v) is 16.8. The largest absolute Gasteiger partial charge is 0.494 e. The zero-order valence-electron chi connectivity index (χ0n) is 16.8. The number of anilines is 1. The van der Waals surface area contributed by atoms with E-state index in [-0.39, 0.29) is 12.5 Å². The van der Waals surface area contributed by atoms with Gasteiger partial charge in [0, 0.05) is 5.69 Å². The molecule has 4 aromatic rings. The number of para-hydroxylation sites is 1. The molecule has 0 saturated carbocycles. The summed E-state index contributed by atoms with van der Waals surface area (Å²) in [6, 6.07) is 20.6. The molecule has 7 nitrogen and oxygen atoms in total. The van der Waals surface area contributed by atoms with E-state index in [1.807, 2.05) is 68.4 Å². The number of nitrogens with one attached hydrogen (secondary N) is 1. The van der Waals surface area contributed by atoms with Gasteiger partial charge in [-0.3, -0.25) is 4.79 Å². The van der Waals surface area contributed by atoms with E-state index >= 15 is 0 Å². The standard InChI is InChI=1S/C23H22N4O3/c1-3-29-19-11-9-18(10-12-19)27-25-20-13-8-17(14-21(20)26-27)24-23(28)15-30-22-7-5-4-6-16(22)2/h4-14H,3,15H2,1-2H3,(H,24,28). The monoisotopic (exact) mass is 402 g/mol. The molecule has 3 aromatic carbocycles. The molecule has 1 heterocycles. The number of carbonyl (C=O) groups is 1. The molecule has 0 bridgehead atoms. The summed E-state index contributed by atoms with van der Waals surface area (Å²) in [6.45, 7) is 4.44. The molecule has 1 amide bonds. The summed E-state index contributed by atoms with van der Waals surface area (Å²) in [5.74, 6) is 1.26. The van der Waals surface area contributed by atoms with Crippen molar-refractivity contribution in [3.8, 4) is 17.2 Å². The first-order valence-corrected chi connectivity index (χ1v) is 9.71. The Balaban J connectivity index is 1.44. The van der Waals surface area contributed by atoms with Crippen molar-refractivity contribution in [2.45, 2.75) is 13.8 Å². The summed E-state index contributed by atoms with van der Waals surface area (Å²) < 4.78 is 11.1. The van der Waals surface area contributed by atoms with Crippen molar-refractivity contribution in [1.82, 2.24) is 15.0 Å². The summed E-state index contributed by atoms with van der Waals surface area (Å²) >= 11 is 0. The van der Waals surface area contributed by atoms with Gasteiger partial charge in [0.05, 0.1) is 12.3 Å². The first kappa shape index (κ1) is 19.4. The molecule has 0 spiro atoms. The lowest BCUT2D eigenvalue weighted by molar-refractivity contribution is -0.118. The van der Waals surface area contributed by atoms with Gasteiger partial charge in [-0.15, -0.1) is 10.2 Å². The van der Waals surface area contributed by atoms with Gasteiger partial charge in [0.15, 0.2) is 6.61 Å². The van der Waals surface area contributed by atoms with Crippen LogP contribution in [0.2, 0.25) is 0 Å². The molecule has 0 radical (unpaired) electrons. The quantitative estimate of drug-likeness (QED) is 0.503. The summed E-state index contributed by atoms with van der Waals surface area (Å²) in [4.78, 5) is 13.8. The van der Waals surface area contributed by atoms with Gasteiger partial charge in [-0.1, -0.05) is 18.2 Å². The number of carbonyl (C=O) groups excluding carboxylic acids is 1. The fraction of sp³-hybridized carbons (Fsp3) is 0.174. The van der Waals surface area contributed by atoms with E-state index in [1.54, 1.807) is 16.9 Å². The molecule has 0 aliphatic carbocycles. The first-order chi connectivity index (χ1) is 14.6. The van der Waals surface area contributed by atoms with E-state index < -0.39 is 0 Å². The van der Waals surface area contributed by atoms with Crippen molar-refractivity contribution in [2.75, 3.05) is 18.5 Å². The van der Waals surface area contributed by atoms with Gasteiger partial charge >= 0.3 is 0 Å². The number of amides is 1. The van der Waals surface area contributed by atoms with Crippen LogP contribution >= 0.6 is 0 Å². The van der Waals surface area contributed by atoms with Crippen LogP contribution in [0.5, 0.6) is 11.5 Å². The predicted octanol–water partition coefficient (Wildman–Crippen LogP) is 4.15. The number of ether oxygens (including phenoxy) is 2. The average Bonchev–Trinajstić information content (AvgIpc) is 3.17. The Labute approximate surface area is 174 Å². The highest BCUT2D eigenvalue weighted by Gasteiger charge is 2.09. The van der Waals surface area contributed by atoms with Crippen molar-refractivity contribution < 1.29 is 14.3 Å². The van der Waals surface area contributed by atoms with Crippen molar-refractivity contribution in [3.63, 3.8) is 0 Å². The van der Waals surface area contributed by atoms with E-state index in [2.05, 4.69) is 15.5 Å². The number of aryl methyl sites for hydroxylation is 1. The predicted molar refractivity (Wildman–Crippen MR) is 115 cm³/mol. The Morgan fingerprint density at radius 3 is 2.50 bits per heavy atom. The molecule has 0 aliphatic rings. The van der Waals surface area contributed by atoms with Crippen molar-refractivity contribution >= 4 is 22.6 Å². The minimum atomic E-state index is -0.239. The minimum Gasteiger partial charge on any atom is -0.494 e. The Bertz CT molecular complexity index is 1170. The number of rotatable bonds is 7. The number of nitrogens with zero attached hydrogens (tertiary/aromatic N) is 3. The van der Waals surface area contributed by atoms with E-state index in [0.29, 0.717) is 23.6 Å². The third-order valence-electron chi connectivity index (χ3n) is 4.50. The van der Waals surface area contributed by atoms with Crippen LogP contribution in [0, 0.1) is 6.92 Å². The van der Waals surface area contributed by atoms with Gasteiger partial charge in [-0.2, -0.15) is 4.80 Å². The molecule has 0 unspecified atom stereocenters. The second kappa shape index (κ2) is 8.65. The lowest BCUT2D eigenvalue weighted by atomic mass is 10.2. The molecule has 0 aliphatic heterocycles. The van der Waals surface area contributed by atoms with Gasteiger partial charge in [0.1, 0.15) is 22.5 Å². The third kappa shape index (κ3) is 4.41. The lowest BCUT2D eigenvalue weighted by Crippen LogP contribution is -2.20. The van der Waals surface area contributed by atoms with Crippen molar-refractivity contribution in [3.05, 3.63) is 72.3 Å². The number of benzene rings is 3. The van der Waals surface area contributed by atoms with Crippen LogP contribution in [0.25, 0.3) is 16.7 Å². The van der Waals surface area contributed by atoms with Gasteiger partial charge in [0.25, 0.3) is 5.91 Å². The molecule has 1 N–H and O–H groups in total. The Morgan fingerprint density at radius 2 is 1.73 bits per heavy atom. The van der Waals surface area contributed by atoms with Gasteiger partial charge < -0.3 is 14.8 Å². The van der Waals surface area contributed by atoms with Crippen LogP contribution in [0.1, 0.15) is 12.5 Å². The molecule has 0 saturated heterocycles. The average molecular weight is 402 g/mol. The van der Waals surface area contributed by atoms with Crippen LogP contribution in [0.15, 0.2) is 66.7 Å². The number of hydrogen-bond donors (Lipinski definition) is 1. The van der Waals surface area contributed by atoms with Crippen LogP contribution < -0.4 is 14.8 Å². The van der Waals surface area contributed by atoms with Crippen LogP contribution in [-0.4, -0.2) is 34.1 Å². The van der Waals surface area contributed by atoms with E-state index in [1.165, 1.54) is 0 Å². The maximum absolute atomic E-state index is 12.3. The third-order valence-corrected chi connectivity index (χ3v) is 4.50. The molecule has 152 valence electrons. The molecule has 0 fully saturated rings. The highest BCUT2D eigenvalue weighted by atomic mass is 16.5. The van der Waals surface area contributed by atoms with Crippen LogP contribution in [-0.2, 0) is 4.79 Å². The van der Waals surface area contributed by atoms with Crippen molar-refractivity contribution in [2.24, 2.45) is 0 Å². The second-order valence-corrected chi connectivity index (χ2v) is 6.72. The van der Waals surface area contributed by atoms with Gasteiger partial charge in [-0.05, 0) is 67.9 Å². The maximum atomic E-state index is 12.3. The maximum Gasteiger partial charge on any atom is 0.262 e. The number of hydrogen-bond acceptors (Lipinski definition) is 5. The van der Waals surface area contributed by atoms with E-state index in [0.717, 1.165) is 22.5 Å². The number of fused-ring (bicyclic) bond motifs is 1. The Hall–Kier alpha value is -3.87.